The number of ether oxygens (including phenoxy) is 5. The quantitative estimate of drug-likeness (QED) is 0.299. The van der Waals surface area contributed by atoms with Crippen molar-refractivity contribution in [2.45, 2.75) is 57.2 Å². The third-order valence-electron chi connectivity index (χ3n) is 4.89. The average Bonchev–Trinajstić information content (AvgIpc) is 3.34. The van der Waals surface area contributed by atoms with E-state index in [1.54, 1.807) is 12.1 Å². The lowest BCUT2D eigenvalue weighted by molar-refractivity contribution is -0.215. The van der Waals surface area contributed by atoms with E-state index in [-0.39, 0.29) is 32.1 Å². The number of aromatic nitrogens is 3. The van der Waals surface area contributed by atoms with Gasteiger partial charge in [-0.15, -0.1) is 0 Å². The third kappa shape index (κ3) is 6.08. The molecule has 1 saturated heterocycles. The molecule has 33 heavy (non-hydrogen) atoms. The molecule has 3 heterocycles. The van der Waals surface area contributed by atoms with Gasteiger partial charge < -0.3 is 34.5 Å². The number of nitriles is 1. The molecule has 0 bridgehead atoms. The Morgan fingerprint density at radius 3 is 2.88 bits per heavy atom. The summed E-state index contributed by atoms with van der Waals surface area (Å²) in [6, 6.07) is 5.52. The molecule has 0 spiro atoms. The second kappa shape index (κ2) is 10.3. The molecule has 2 aromatic heterocycles. The fourth-order valence-electron chi connectivity index (χ4n) is 3.56. The van der Waals surface area contributed by atoms with Crippen molar-refractivity contribution in [1.82, 2.24) is 14.6 Å². The van der Waals surface area contributed by atoms with Crippen molar-refractivity contribution < 1.29 is 33.6 Å². The van der Waals surface area contributed by atoms with Crippen LogP contribution in [0.4, 0.5) is 10.6 Å². The Hall–Kier alpha value is -2.98. The lowest BCUT2D eigenvalue weighted by atomic mass is 9.99. The van der Waals surface area contributed by atoms with Crippen molar-refractivity contribution in [3.8, 4) is 6.07 Å². The van der Waals surface area contributed by atoms with Gasteiger partial charge in [0.2, 0.25) is 0 Å². The minimum Gasteiger partial charge on any atom is -0.432 e. The van der Waals surface area contributed by atoms with Gasteiger partial charge in [-0.25, -0.2) is 14.3 Å². The molecular weight excluding hydrogens is 434 g/mol. The molecule has 0 saturated carbocycles. The van der Waals surface area contributed by atoms with E-state index < -0.39 is 29.8 Å². The molecule has 0 aromatic carbocycles. The van der Waals surface area contributed by atoms with Crippen LogP contribution in [0.2, 0.25) is 0 Å². The standard InChI is InChI=1S/C21H29N5O7/c1-4-7-29-8-9-30-19(27)31-12-21(11-22)10-16(32-20(2,3)28)17(33-21)14-5-6-15-18(23)24-13-25-26(14)15/h5-6,13,16-17,28H,4,7-10,12H2,1-3H3,(H2,23,24,25)/t16-,17+,21-/m1/s1. The van der Waals surface area contributed by atoms with Gasteiger partial charge in [-0.05, 0) is 32.4 Å². The molecule has 3 N–H and O–H groups in total. The molecule has 0 amide bonds. The molecule has 0 radical (unpaired) electrons. The number of rotatable bonds is 10. The van der Waals surface area contributed by atoms with Gasteiger partial charge in [0.15, 0.2) is 17.2 Å². The Balaban J connectivity index is 1.75. The van der Waals surface area contributed by atoms with Gasteiger partial charge in [0.05, 0.1) is 18.4 Å². The summed E-state index contributed by atoms with van der Waals surface area (Å²) in [4.78, 5) is 15.9. The fourth-order valence-corrected chi connectivity index (χ4v) is 3.56. The van der Waals surface area contributed by atoms with Gasteiger partial charge in [-0.2, -0.15) is 10.4 Å². The highest BCUT2D eigenvalue weighted by atomic mass is 16.7. The predicted molar refractivity (Wildman–Crippen MR) is 114 cm³/mol. The maximum Gasteiger partial charge on any atom is 0.508 e. The highest BCUT2D eigenvalue weighted by molar-refractivity contribution is 5.65. The van der Waals surface area contributed by atoms with Gasteiger partial charge in [0.25, 0.3) is 0 Å². The van der Waals surface area contributed by atoms with E-state index in [4.69, 9.17) is 29.4 Å². The highest BCUT2D eigenvalue weighted by Gasteiger charge is 2.51. The number of carbonyl (C=O) groups excluding carboxylic acids is 1. The lowest BCUT2D eigenvalue weighted by Gasteiger charge is -2.26. The number of aliphatic hydroxyl groups is 1. The van der Waals surface area contributed by atoms with E-state index in [0.29, 0.717) is 17.8 Å². The summed E-state index contributed by atoms with van der Waals surface area (Å²) >= 11 is 0. The van der Waals surface area contributed by atoms with Crippen LogP contribution in [0.3, 0.4) is 0 Å². The number of hydrogen-bond acceptors (Lipinski definition) is 11. The Bertz CT molecular complexity index is 999. The number of hydrogen-bond donors (Lipinski definition) is 2. The first-order chi connectivity index (χ1) is 15.7. The first-order valence-electron chi connectivity index (χ1n) is 10.6. The zero-order valence-corrected chi connectivity index (χ0v) is 18.9. The Morgan fingerprint density at radius 2 is 2.18 bits per heavy atom. The van der Waals surface area contributed by atoms with Crippen molar-refractivity contribution >= 4 is 17.5 Å². The summed E-state index contributed by atoms with van der Waals surface area (Å²) in [7, 11) is 0. The molecule has 180 valence electrons. The average molecular weight is 463 g/mol. The van der Waals surface area contributed by atoms with Crippen LogP contribution < -0.4 is 5.73 Å². The molecule has 3 atom stereocenters. The Morgan fingerprint density at radius 1 is 1.39 bits per heavy atom. The lowest BCUT2D eigenvalue weighted by Crippen LogP contribution is -2.35. The number of anilines is 1. The van der Waals surface area contributed by atoms with Crippen molar-refractivity contribution in [1.29, 1.82) is 5.26 Å². The van der Waals surface area contributed by atoms with E-state index in [9.17, 15) is 15.2 Å². The van der Waals surface area contributed by atoms with Crippen molar-refractivity contribution in [3.05, 3.63) is 24.2 Å². The SMILES string of the molecule is CCCOCCOC(=O)OC[C@]1(C#N)C[C@@H](OC(C)(C)O)[C@H](c2ccc3c(N)ncnn23)O1. The molecule has 3 rings (SSSR count). The van der Waals surface area contributed by atoms with Crippen LogP contribution in [0, 0.1) is 11.3 Å². The van der Waals surface area contributed by atoms with E-state index >= 15 is 0 Å². The van der Waals surface area contributed by atoms with Crippen LogP contribution in [0.15, 0.2) is 18.5 Å². The molecular formula is C21H29N5O7. The summed E-state index contributed by atoms with van der Waals surface area (Å²) in [5, 5.41) is 24.3. The van der Waals surface area contributed by atoms with Crippen LogP contribution in [0.1, 0.15) is 45.4 Å². The summed E-state index contributed by atoms with van der Waals surface area (Å²) in [5.41, 5.74) is 5.48. The second-order valence-corrected chi connectivity index (χ2v) is 8.15. The van der Waals surface area contributed by atoms with Crippen molar-refractivity contribution in [2.24, 2.45) is 0 Å². The second-order valence-electron chi connectivity index (χ2n) is 8.15. The molecule has 12 heteroatoms. The zero-order chi connectivity index (χ0) is 24.1. The monoisotopic (exact) mass is 463 g/mol. The van der Waals surface area contributed by atoms with Gasteiger partial charge in [-0.3, -0.25) is 0 Å². The molecule has 12 nitrogen and oxygen atoms in total. The largest absolute Gasteiger partial charge is 0.508 e. The number of nitrogen functional groups attached to an aromatic ring is 1. The van der Waals surface area contributed by atoms with Gasteiger partial charge in [-0.1, -0.05) is 6.92 Å². The van der Waals surface area contributed by atoms with Crippen LogP contribution in [0.5, 0.6) is 0 Å². The van der Waals surface area contributed by atoms with Crippen molar-refractivity contribution in [3.63, 3.8) is 0 Å². The minimum atomic E-state index is -1.53. The molecule has 1 fully saturated rings. The predicted octanol–water partition coefficient (Wildman–Crippen LogP) is 1.73. The molecule has 1 aliphatic heterocycles. The zero-order valence-electron chi connectivity index (χ0n) is 18.9. The van der Waals surface area contributed by atoms with E-state index in [0.717, 1.165) is 6.42 Å². The van der Waals surface area contributed by atoms with Gasteiger partial charge in [0, 0.05) is 13.0 Å². The van der Waals surface area contributed by atoms with E-state index in [1.807, 2.05) is 6.92 Å². The number of nitrogens with zero attached hydrogens (tertiary/aromatic N) is 4. The highest BCUT2D eigenvalue weighted by Crippen LogP contribution is 2.43. The third-order valence-corrected chi connectivity index (χ3v) is 4.89. The molecule has 2 aromatic rings. The van der Waals surface area contributed by atoms with Crippen molar-refractivity contribution in [2.75, 3.05) is 32.2 Å². The molecule has 0 unspecified atom stereocenters. The maximum absolute atomic E-state index is 12.0. The summed E-state index contributed by atoms with van der Waals surface area (Å²) in [5.74, 6) is -1.23. The Kier molecular flexibility index (Phi) is 7.70. The van der Waals surface area contributed by atoms with E-state index in [2.05, 4.69) is 16.2 Å². The number of fused-ring (bicyclic) bond motifs is 1. The molecule has 0 aliphatic carbocycles. The maximum atomic E-state index is 12.0. The Labute approximate surface area is 191 Å². The van der Waals surface area contributed by atoms with Crippen LogP contribution in [0.25, 0.3) is 5.52 Å². The first kappa shape index (κ1) is 24.7. The smallest absolute Gasteiger partial charge is 0.432 e. The van der Waals surface area contributed by atoms with Crippen LogP contribution >= 0.6 is 0 Å². The van der Waals surface area contributed by atoms with Gasteiger partial charge in [0.1, 0.15) is 37.2 Å². The number of nitrogens with two attached hydrogens (primary N) is 1. The number of carbonyl (C=O) groups is 1. The minimum absolute atomic E-state index is 0.0266. The first-order valence-corrected chi connectivity index (χ1v) is 10.6. The van der Waals surface area contributed by atoms with Gasteiger partial charge >= 0.3 is 6.16 Å². The van der Waals surface area contributed by atoms with E-state index in [1.165, 1.54) is 24.7 Å². The topological polar surface area (TPSA) is 163 Å². The summed E-state index contributed by atoms with van der Waals surface area (Å²) in [6.07, 6.45) is -0.315. The summed E-state index contributed by atoms with van der Waals surface area (Å²) in [6.45, 7) is 5.38. The molecule has 1 aliphatic rings. The van der Waals surface area contributed by atoms with Crippen LogP contribution in [-0.2, 0) is 23.7 Å². The normalized spacial score (nSPS) is 22.9. The fraction of sp³-hybridized carbons (Fsp3) is 0.619. The van der Waals surface area contributed by atoms with Crippen LogP contribution in [-0.4, -0.2) is 69.8 Å². The summed E-state index contributed by atoms with van der Waals surface area (Å²) < 4.78 is 28.7.